The third-order valence-corrected chi connectivity index (χ3v) is 7.05. The fourth-order valence-electron chi connectivity index (χ4n) is 2.17. The molecule has 12 heteroatoms. The summed E-state index contributed by atoms with van der Waals surface area (Å²) < 4.78 is 24.1. The van der Waals surface area contributed by atoms with Crippen molar-refractivity contribution in [2.45, 2.75) is 13.8 Å². The van der Waals surface area contributed by atoms with Crippen LogP contribution in [0.2, 0.25) is 0 Å². The predicted octanol–water partition coefficient (Wildman–Crippen LogP) is 4.97. The molecule has 1 rings (SSSR count). The van der Waals surface area contributed by atoms with Crippen LogP contribution in [-0.2, 0) is 13.1 Å². The minimum absolute atomic E-state index is 0.194. The summed E-state index contributed by atoms with van der Waals surface area (Å²) in [5.41, 5.74) is 1.80. The Morgan fingerprint density at radius 1 is 0.750 bits per heavy atom. The fraction of sp³-hybridized carbons (Fsp3) is 0.625. The van der Waals surface area contributed by atoms with E-state index in [1.165, 1.54) is 0 Å². The van der Waals surface area contributed by atoms with Gasteiger partial charge in [0.05, 0.1) is 11.4 Å². The summed E-state index contributed by atoms with van der Waals surface area (Å²) in [6.07, 6.45) is 0. The van der Waals surface area contributed by atoms with Gasteiger partial charge in [-0.15, -0.1) is 0 Å². The maximum absolute atomic E-state index is 6.01. The first-order valence-electron chi connectivity index (χ1n) is 8.31. The summed E-state index contributed by atoms with van der Waals surface area (Å²) in [5, 5.41) is 0. The molecule has 1 aromatic rings. The molecule has 0 fully saturated rings. The zero-order chi connectivity index (χ0) is 22.0. The van der Waals surface area contributed by atoms with Crippen LogP contribution < -0.4 is 0 Å². The third-order valence-electron chi connectivity index (χ3n) is 3.23. The first-order chi connectivity index (χ1) is 13.0. The van der Waals surface area contributed by atoms with Crippen molar-refractivity contribution in [2.24, 2.45) is 9.53 Å². The number of furan rings is 1. The second kappa shape index (κ2) is 14.4. The summed E-state index contributed by atoms with van der Waals surface area (Å²) in [6, 6.07) is 3.94. The quantitative estimate of drug-likeness (QED) is 0.279. The van der Waals surface area contributed by atoms with Crippen molar-refractivity contribution in [1.82, 2.24) is 18.7 Å². The Kier molecular flexibility index (Phi) is 14.6. The van der Waals surface area contributed by atoms with Gasteiger partial charge in [-0.1, -0.05) is 0 Å². The Morgan fingerprint density at radius 2 is 1.00 bits per heavy atom. The number of nitrogens with zero attached hydrogens (tertiary/aromatic N) is 6. The predicted molar refractivity (Wildman–Crippen MR) is 123 cm³/mol. The number of hydrogen-bond donors (Lipinski definition) is 0. The monoisotopic (exact) mass is 512 g/mol. The third kappa shape index (κ3) is 9.95. The van der Waals surface area contributed by atoms with Gasteiger partial charge in [0.1, 0.15) is 11.5 Å². The molecule has 0 radical (unpaired) electrons. The van der Waals surface area contributed by atoms with Gasteiger partial charge in [0.15, 0.2) is 16.7 Å². The summed E-state index contributed by atoms with van der Waals surface area (Å²) in [6.45, 7) is 3.98. The Hall–Kier alpha value is 0.419. The molecule has 0 aliphatic carbocycles. The van der Waals surface area contributed by atoms with Crippen molar-refractivity contribution in [3.8, 4) is 0 Å². The number of halogens is 2. The second-order valence-corrected chi connectivity index (χ2v) is 13.0. The summed E-state index contributed by atoms with van der Waals surface area (Å²) in [7, 11) is 24.4. The van der Waals surface area contributed by atoms with Crippen LogP contribution in [0.5, 0.6) is 0 Å². The van der Waals surface area contributed by atoms with E-state index in [2.05, 4.69) is 18.7 Å². The second-order valence-electron chi connectivity index (χ2n) is 6.51. The van der Waals surface area contributed by atoms with Gasteiger partial charge < -0.3 is 4.42 Å². The van der Waals surface area contributed by atoms with Gasteiger partial charge in [0.2, 0.25) is 0 Å². The van der Waals surface area contributed by atoms with Crippen LogP contribution in [0.4, 0.5) is 0 Å². The molecule has 28 heavy (non-hydrogen) atoms. The standard InChI is InChI=1S/C16H32N6OP2.2ClH.Fe/c1-13(17-24(19(3)4)20(5)6)15-11-12-16(23-15)14(2)18-25(21(7)8)22(9)10;;;/h11-12H,1-10H3;2*1H;/q;;;+2/p-2/b17-13+,18-14+;;;. The molecule has 0 bridgehead atoms. The van der Waals surface area contributed by atoms with E-state index in [0.717, 1.165) is 22.9 Å². The van der Waals surface area contributed by atoms with E-state index in [-0.39, 0.29) is 13.1 Å². The van der Waals surface area contributed by atoms with Gasteiger partial charge in [0, 0.05) is 0 Å². The van der Waals surface area contributed by atoms with Gasteiger partial charge in [-0.3, -0.25) is 18.7 Å². The topological polar surface area (TPSA) is 50.8 Å². The van der Waals surface area contributed by atoms with Crippen molar-refractivity contribution in [3.05, 3.63) is 23.7 Å². The normalized spacial score (nSPS) is 13.5. The van der Waals surface area contributed by atoms with Gasteiger partial charge in [-0.2, -0.15) is 0 Å². The van der Waals surface area contributed by atoms with Crippen LogP contribution in [0.15, 0.2) is 26.1 Å². The molecule has 1 aromatic heterocycles. The van der Waals surface area contributed by atoms with Crippen LogP contribution in [0.1, 0.15) is 25.4 Å². The molecule has 164 valence electrons. The van der Waals surface area contributed by atoms with Crippen LogP contribution in [0, 0.1) is 0 Å². The van der Waals surface area contributed by atoms with E-state index in [9.17, 15) is 0 Å². The average molecular weight is 513 g/mol. The molecule has 0 aliphatic heterocycles. The Labute approximate surface area is 187 Å². The summed E-state index contributed by atoms with van der Waals surface area (Å²) in [5.74, 6) is 1.58. The molecule has 0 saturated heterocycles. The molecule has 0 N–H and O–H groups in total. The van der Waals surface area contributed by atoms with E-state index in [0.29, 0.717) is 0 Å². The summed E-state index contributed by atoms with van der Waals surface area (Å²) >= 11 is 0.194. The van der Waals surface area contributed by atoms with Crippen molar-refractivity contribution in [2.75, 3.05) is 56.4 Å². The van der Waals surface area contributed by atoms with Gasteiger partial charge in [0.25, 0.3) is 0 Å². The van der Waals surface area contributed by atoms with E-state index < -0.39 is 16.7 Å². The molecule has 0 aromatic carbocycles. The van der Waals surface area contributed by atoms with E-state index in [1.807, 2.05) is 82.4 Å². The molecular weight excluding hydrogens is 481 g/mol. The molecule has 0 atom stereocenters. The number of rotatable bonds is 8. The summed E-state index contributed by atoms with van der Waals surface area (Å²) in [4.78, 5) is 0. The minimum atomic E-state index is -0.725. The molecular formula is C16H32Cl2FeN6OP2. The molecule has 0 aliphatic rings. The molecule has 0 spiro atoms. The van der Waals surface area contributed by atoms with Gasteiger partial charge >= 0.3 is 33.3 Å². The Bertz CT molecular complexity index is 574. The van der Waals surface area contributed by atoms with Crippen molar-refractivity contribution < 1.29 is 17.6 Å². The van der Waals surface area contributed by atoms with Crippen LogP contribution in [0.25, 0.3) is 0 Å². The van der Waals surface area contributed by atoms with Crippen LogP contribution in [-0.4, -0.2) is 86.5 Å². The van der Waals surface area contributed by atoms with Crippen LogP contribution >= 0.6 is 36.9 Å². The van der Waals surface area contributed by atoms with Crippen molar-refractivity contribution in [3.63, 3.8) is 0 Å². The first-order valence-corrected chi connectivity index (χ1v) is 13.7. The van der Waals surface area contributed by atoms with Gasteiger partial charge in [-0.25, -0.2) is 9.53 Å². The van der Waals surface area contributed by atoms with E-state index >= 15 is 0 Å². The number of hydrogen-bond acceptors (Lipinski definition) is 7. The molecule has 0 saturated carbocycles. The molecule has 0 amide bonds. The van der Waals surface area contributed by atoms with E-state index in [4.69, 9.17) is 34.1 Å². The fourth-order valence-corrected chi connectivity index (χ4v) is 5.05. The van der Waals surface area contributed by atoms with E-state index in [1.54, 1.807) is 0 Å². The van der Waals surface area contributed by atoms with Crippen molar-refractivity contribution >= 4 is 48.4 Å². The zero-order valence-electron chi connectivity index (χ0n) is 18.3. The molecule has 0 unspecified atom stereocenters. The Morgan fingerprint density at radius 3 is 1.21 bits per heavy atom. The van der Waals surface area contributed by atoms with Crippen LogP contribution in [0.3, 0.4) is 0 Å². The maximum atomic E-state index is 6.01. The Balaban J connectivity index is 0.00000227. The zero-order valence-corrected chi connectivity index (χ0v) is 22.7. The van der Waals surface area contributed by atoms with Gasteiger partial charge in [-0.05, 0) is 82.4 Å². The average Bonchev–Trinajstić information content (AvgIpc) is 3.06. The molecule has 7 nitrogen and oxygen atoms in total. The van der Waals surface area contributed by atoms with Crippen molar-refractivity contribution in [1.29, 1.82) is 0 Å². The SMILES string of the molecule is C/C(=N\P(N(C)C)N(C)C)c1ccc(/C(C)=N/P(N(C)C)N(C)C)o1.[Cl][Fe][Cl]. The first kappa shape index (κ1) is 28.4. The molecule has 1 heterocycles.